The second kappa shape index (κ2) is 8.75. The first-order chi connectivity index (χ1) is 9.58. The van der Waals surface area contributed by atoms with Crippen molar-refractivity contribution >= 4 is 5.91 Å². The summed E-state index contributed by atoms with van der Waals surface area (Å²) in [6.07, 6.45) is 1.84. The minimum Gasteiger partial charge on any atom is -0.338 e. The third-order valence-corrected chi connectivity index (χ3v) is 3.41. The zero-order valence-corrected chi connectivity index (χ0v) is 13.0. The lowest BCUT2D eigenvalue weighted by molar-refractivity contribution is -0.136. The second-order valence-corrected chi connectivity index (χ2v) is 5.81. The molecule has 0 fully saturated rings. The van der Waals surface area contributed by atoms with E-state index in [1.54, 1.807) is 0 Å². The predicted octanol–water partition coefficient (Wildman–Crippen LogP) is 3.05. The van der Waals surface area contributed by atoms with Crippen LogP contribution in [-0.2, 0) is 11.3 Å². The Hall–Kier alpha value is -1.35. The molecule has 1 amide bonds. The number of hydrogen-bond donors (Lipinski definition) is 1. The smallest absolute Gasteiger partial charge is 0.227 e. The van der Waals surface area contributed by atoms with Gasteiger partial charge in [-0.1, -0.05) is 51.1 Å². The summed E-state index contributed by atoms with van der Waals surface area (Å²) in [5.74, 6) is 0.643. The van der Waals surface area contributed by atoms with Crippen LogP contribution in [-0.4, -0.2) is 23.9 Å². The summed E-state index contributed by atoms with van der Waals surface area (Å²) in [7, 11) is 0. The van der Waals surface area contributed by atoms with Crippen LogP contribution in [0.3, 0.4) is 0 Å². The van der Waals surface area contributed by atoms with E-state index < -0.39 is 0 Å². The first-order valence-corrected chi connectivity index (χ1v) is 7.61. The Morgan fingerprint density at radius 1 is 1.25 bits per heavy atom. The summed E-state index contributed by atoms with van der Waals surface area (Å²) in [5, 5.41) is 0. The van der Waals surface area contributed by atoms with Crippen LogP contribution in [0, 0.1) is 11.8 Å². The van der Waals surface area contributed by atoms with Crippen molar-refractivity contribution in [3.05, 3.63) is 35.9 Å². The number of hydrogen-bond acceptors (Lipinski definition) is 2. The lowest BCUT2D eigenvalue weighted by atomic mass is 9.95. The van der Waals surface area contributed by atoms with Gasteiger partial charge >= 0.3 is 0 Å². The number of benzene rings is 1. The van der Waals surface area contributed by atoms with Crippen molar-refractivity contribution in [2.24, 2.45) is 17.6 Å². The van der Waals surface area contributed by atoms with Crippen molar-refractivity contribution in [3.63, 3.8) is 0 Å². The van der Waals surface area contributed by atoms with Crippen molar-refractivity contribution in [1.82, 2.24) is 4.90 Å². The van der Waals surface area contributed by atoms with Gasteiger partial charge in [0.25, 0.3) is 0 Å². The highest BCUT2D eigenvalue weighted by Gasteiger charge is 2.23. The van der Waals surface area contributed by atoms with Gasteiger partial charge in [0.05, 0.1) is 5.92 Å². The van der Waals surface area contributed by atoms with Gasteiger partial charge < -0.3 is 10.6 Å². The van der Waals surface area contributed by atoms with Gasteiger partial charge in [0.1, 0.15) is 0 Å². The van der Waals surface area contributed by atoms with Gasteiger partial charge in [0.15, 0.2) is 0 Å². The molecule has 3 heteroatoms. The van der Waals surface area contributed by atoms with E-state index in [-0.39, 0.29) is 11.8 Å². The van der Waals surface area contributed by atoms with Crippen LogP contribution in [0.15, 0.2) is 30.3 Å². The fourth-order valence-electron chi connectivity index (χ4n) is 2.47. The molecule has 0 heterocycles. The summed E-state index contributed by atoms with van der Waals surface area (Å²) >= 11 is 0. The van der Waals surface area contributed by atoms with Crippen molar-refractivity contribution in [2.45, 2.75) is 40.2 Å². The maximum absolute atomic E-state index is 12.7. The van der Waals surface area contributed by atoms with Gasteiger partial charge in [-0.05, 0) is 24.3 Å². The van der Waals surface area contributed by atoms with Gasteiger partial charge in [0.2, 0.25) is 5.91 Å². The summed E-state index contributed by atoms with van der Waals surface area (Å²) in [6.45, 7) is 8.29. The quantitative estimate of drug-likeness (QED) is 0.793. The Bertz CT molecular complexity index is 389. The van der Waals surface area contributed by atoms with E-state index in [9.17, 15) is 4.79 Å². The molecule has 0 aliphatic rings. The Kier molecular flexibility index (Phi) is 7.31. The van der Waals surface area contributed by atoms with Crippen LogP contribution in [0.25, 0.3) is 0 Å². The second-order valence-electron chi connectivity index (χ2n) is 5.81. The van der Waals surface area contributed by atoms with Crippen molar-refractivity contribution < 1.29 is 4.79 Å². The van der Waals surface area contributed by atoms with Crippen molar-refractivity contribution in [1.29, 1.82) is 0 Å². The van der Waals surface area contributed by atoms with Gasteiger partial charge in [-0.2, -0.15) is 0 Å². The Labute approximate surface area is 123 Å². The van der Waals surface area contributed by atoms with E-state index in [1.807, 2.05) is 23.1 Å². The maximum Gasteiger partial charge on any atom is 0.227 e. The van der Waals surface area contributed by atoms with E-state index in [1.165, 1.54) is 5.56 Å². The topological polar surface area (TPSA) is 46.3 Å². The van der Waals surface area contributed by atoms with Gasteiger partial charge in [-0.15, -0.1) is 0 Å². The molecule has 1 aromatic carbocycles. The van der Waals surface area contributed by atoms with Crippen LogP contribution < -0.4 is 5.73 Å². The molecule has 0 saturated heterocycles. The molecule has 1 aromatic rings. The normalized spacial score (nSPS) is 12.4. The molecule has 0 saturated carbocycles. The summed E-state index contributed by atoms with van der Waals surface area (Å²) in [6, 6.07) is 10.2. The number of nitrogens with zero attached hydrogens (tertiary/aromatic N) is 1. The summed E-state index contributed by atoms with van der Waals surface area (Å²) in [5.41, 5.74) is 6.98. The molecule has 0 aromatic heterocycles. The molecule has 1 atom stereocenters. The molecule has 0 aliphatic carbocycles. The SMILES string of the molecule is CCCN(Cc1ccccc1)C(=O)C(CN)CC(C)C. The molecule has 0 aliphatic heterocycles. The Morgan fingerprint density at radius 2 is 1.90 bits per heavy atom. The van der Waals surface area contributed by atoms with E-state index >= 15 is 0 Å². The van der Waals surface area contributed by atoms with Gasteiger partial charge in [-0.25, -0.2) is 0 Å². The largest absolute Gasteiger partial charge is 0.338 e. The predicted molar refractivity (Wildman–Crippen MR) is 84.1 cm³/mol. The molecule has 112 valence electrons. The van der Waals surface area contributed by atoms with E-state index in [0.717, 1.165) is 19.4 Å². The number of nitrogens with two attached hydrogens (primary N) is 1. The molecule has 3 nitrogen and oxygen atoms in total. The maximum atomic E-state index is 12.7. The van der Waals surface area contributed by atoms with E-state index in [0.29, 0.717) is 19.0 Å². The lowest BCUT2D eigenvalue weighted by Crippen LogP contribution is -2.39. The highest BCUT2D eigenvalue weighted by molar-refractivity contribution is 5.79. The fourth-order valence-corrected chi connectivity index (χ4v) is 2.47. The van der Waals surface area contributed by atoms with E-state index in [2.05, 4.69) is 32.9 Å². The minimum absolute atomic E-state index is 0.0507. The van der Waals surface area contributed by atoms with Crippen LogP contribution >= 0.6 is 0 Å². The average Bonchev–Trinajstić information content (AvgIpc) is 2.44. The molecule has 2 N–H and O–H groups in total. The lowest BCUT2D eigenvalue weighted by Gasteiger charge is -2.27. The first kappa shape index (κ1) is 16.7. The molecular formula is C17H28N2O. The highest BCUT2D eigenvalue weighted by atomic mass is 16.2. The van der Waals surface area contributed by atoms with Crippen LogP contribution in [0.1, 0.15) is 39.2 Å². The molecule has 0 radical (unpaired) electrons. The average molecular weight is 276 g/mol. The first-order valence-electron chi connectivity index (χ1n) is 7.61. The van der Waals surface area contributed by atoms with E-state index in [4.69, 9.17) is 5.73 Å². The number of amides is 1. The Morgan fingerprint density at radius 3 is 2.40 bits per heavy atom. The molecule has 20 heavy (non-hydrogen) atoms. The molecule has 0 spiro atoms. The van der Waals surface area contributed by atoms with Gasteiger partial charge in [-0.3, -0.25) is 4.79 Å². The van der Waals surface area contributed by atoms with Gasteiger partial charge in [0, 0.05) is 19.6 Å². The third-order valence-electron chi connectivity index (χ3n) is 3.41. The standard InChI is InChI=1S/C17H28N2O/c1-4-10-19(13-15-8-6-5-7-9-15)17(20)16(12-18)11-14(2)3/h5-9,14,16H,4,10-13,18H2,1-3H3. The van der Waals surface area contributed by atoms with Crippen LogP contribution in [0.5, 0.6) is 0 Å². The monoisotopic (exact) mass is 276 g/mol. The number of carbonyl (C=O) groups is 1. The van der Waals surface area contributed by atoms with Crippen molar-refractivity contribution in [3.8, 4) is 0 Å². The van der Waals surface area contributed by atoms with Crippen LogP contribution in [0.2, 0.25) is 0 Å². The zero-order chi connectivity index (χ0) is 15.0. The fraction of sp³-hybridized carbons (Fsp3) is 0.588. The molecular weight excluding hydrogens is 248 g/mol. The van der Waals surface area contributed by atoms with Crippen LogP contribution in [0.4, 0.5) is 0 Å². The highest BCUT2D eigenvalue weighted by Crippen LogP contribution is 2.16. The number of rotatable bonds is 8. The van der Waals surface area contributed by atoms with Crippen molar-refractivity contribution in [2.75, 3.05) is 13.1 Å². The molecule has 1 unspecified atom stereocenters. The number of carbonyl (C=O) groups excluding carboxylic acids is 1. The zero-order valence-electron chi connectivity index (χ0n) is 13.0. The molecule has 0 bridgehead atoms. The third kappa shape index (κ3) is 5.33. The summed E-state index contributed by atoms with van der Waals surface area (Å²) < 4.78 is 0. The molecule has 1 rings (SSSR count). The Balaban J connectivity index is 2.75. The summed E-state index contributed by atoms with van der Waals surface area (Å²) in [4.78, 5) is 14.6. The minimum atomic E-state index is -0.0507.